The van der Waals surface area contributed by atoms with Gasteiger partial charge in [-0.2, -0.15) is 0 Å². The van der Waals surface area contributed by atoms with Crippen molar-refractivity contribution in [3.63, 3.8) is 0 Å². The average Bonchev–Trinajstić information content (AvgIpc) is 3.09. The molecule has 22 heavy (non-hydrogen) atoms. The zero-order chi connectivity index (χ0) is 16.0. The third-order valence-electron chi connectivity index (χ3n) is 4.36. The zero-order valence-electron chi connectivity index (χ0n) is 13.9. The lowest BCUT2D eigenvalue weighted by atomic mass is 9.79. The van der Waals surface area contributed by atoms with Crippen LogP contribution in [0.5, 0.6) is 0 Å². The van der Waals surface area contributed by atoms with Crippen molar-refractivity contribution in [2.45, 2.75) is 32.1 Å². The van der Waals surface area contributed by atoms with Crippen molar-refractivity contribution in [3.05, 3.63) is 40.7 Å². The minimum absolute atomic E-state index is 0.0875. The van der Waals surface area contributed by atoms with Crippen molar-refractivity contribution in [1.82, 2.24) is 9.88 Å². The average molecular weight is 318 g/mol. The van der Waals surface area contributed by atoms with Gasteiger partial charge in [0.15, 0.2) is 0 Å². The molecular weight excluding hydrogens is 290 g/mol. The van der Waals surface area contributed by atoms with Gasteiger partial charge in [0.2, 0.25) is 0 Å². The van der Waals surface area contributed by atoms with Gasteiger partial charge in [-0.3, -0.25) is 0 Å². The molecule has 2 heterocycles. The zero-order valence-corrected chi connectivity index (χ0v) is 14.7. The van der Waals surface area contributed by atoms with Crippen LogP contribution in [0.4, 0.5) is 0 Å². The molecule has 2 aromatic rings. The summed E-state index contributed by atoms with van der Waals surface area (Å²) in [6.45, 7) is 6.91. The monoisotopic (exact) mass is 317 g/mol. The molecule has 0 bridgehead atoms. The quantitative estimate of drug-likeness (QED) is 0.937. The fourth-order valence-corrected chi connectivity index (χ4v) is 3.91. The summed E-state index contributed by atoms with van der Waals surface area (Å²) in [5, 5.41) is 3.38. The highest BCUT2D eigenvalue weighted by Crippen LogP contribution is 2.37. The summed E-state index contributed by atoms with van der Waals surface area (Å²) in [4.78, 5) is 7.27. The maximum Gasteiger partial charge on any atom is 0.101 e. The Balaban J connectivity index is 0.000000847. The number of hydrogen-bond donors (Lipinski definition) is 1. The van der Waals surface area contributed by atoms with Crippen LogP contribution in [-0.4, -0.2) is 36.6 Å². The van der Waals surface area contributed by atoms with Gasteiger partial charge in [0, 0.05) is 22.9 Å². The number of piperidine rings is 1. The molecule has 0 aliphatic carbocycles. The van der Waals surface area contributed by atoms with Gasteiger partial charge >= 0.3 is 0 Å². The lowest BCUT2D eigenvalue weighted by Gasteiger charge is -2.38. The number of rotatable bonds is 3. The van der Waals surface area contributed by atoms with E-state index in [0.29, 0.717) is 6.54 Å². The molecule has 0 amide bonds. The number of likely N-dealkylation sites (tertiary alicyclic amines) is 1. The number of nitrogens with two attached hydrogens (primary N) is 1. The largest absolute Gasteiger partial charge is 0.329 e. The number of nitrogens with zero attached hydrogens (tertiary/aromatic N) is 2. The molecule has 0 spiro atoms. The van der Waals surface area contributed by atoms with E-state index in [1.165, 1.54) is 10.6 Å². The maximum atomic E-state index is 6.11. The molecular formula is C18H27N3S. The van der Waals surface area contributed by atoms with Gasteiger partial charge in [0.1, 0.15) is 5.01 Å². The summed E-state index contributed by atoms with van der Waals surface area (Å²) in [7, 11) is 2.18. The van der Waals surface area contributed by atoms with E-state index < -0.39 is 0 Å². The summed E-state index contributed by atoms with van der Waals surface area (Å²) in [6, 6.07) is 10.4. The second-order valence-electron chi connectivity index (χ2n) is 5.69. The molecule has 2 N–H and O–H groups in total. The van der Waals surface area contributed by atoms with Crippen molar-refractivity contribution in [1.29, 1.82) is 0 Å². The fourth-order valence-electron chi connectivity index (χ4n) is 2.81. The third-order valence-corrected chi connectivity index (χ3v) is 5.45. The Kier molecular flexibility index (Phi) is 6.12. The van der Waals surface area contributed by atoms with Gasteiger partial charge in [-0.1, -0.05) is 44.2 Å². The molecule has 0 atom stereocenters. The van der Waals surface area contributed by atoms with Crippen molar-refractivity contribution >= 4 is 11.3 Å². The minimum atomic E-state index is 0.0875. The summed E-state index contributed by atoms with van der Waals surface area (Å²) >= 11 is 1.77. The second kappa shape index (κ2) is 7.86. The summed E-state index contributed by atoms with van der Waals surface area (Å²) < 4.78 is 0. The Morgan fingerprint density at radius 3 is 2.41 bits per heavy atom. The van der Waals surface area contributed by atoms with Crippen LogP contribution in [0.15, 0.2) is 35.7 Å². The summed E-state index contributed by atoms with van der Waals surface area (Å²) in [5.74, 6) is 0. The van der Waals surface area contributed by atoms with E-state index in [4.69, 9.17) is 10.7 Å². The Morgan fingerprint density at radius 2 is 1.82 bits per heavy atom. The maximum absolute atomic E-state index is 6.11. The Hall–Kier alpha value is -1.23. The SMILES string of the molecule is CC.CN1CCC(CN)(c2nc(-c3ccccc3)cs2)CC1. The normalized spacial score (nSPS) is 17.6. The van der Waals surface area contributed by atoms with Gasteiger partial charge in [-0.25, -0.2) is 4.98 Å². The molecule has 3 nitrogen and oxygen atoms in total. The van der Waals surface area contributed by atoms with Crippen LogP contribution >= 0.6 is 11.3 Å². The first-order chi connectivity index (χ1) is 10.7. The molecule has 1 saturated heterocycles. The van der Waals surface area contributed by atoms with Gasteiger partial charge in [0.25, 0.3) is 0 Å². The van der Waals surface area contributed by atoms with Crippen LogP contribution in [-0.2, 0) is 5.41 Å². The van der Waals surface area contributed by atoms with Gasteiger partial charge in [-0.05, 0) is 33.0 Å². The summed E-state index contributed by atoms with van der Waals surface area (Å²) in [6.07, 6.45) is 2.23. The highest BCUT2D eigenvalue weighted by Gasteiger charge is 2.36. The van der Waals surface area contributed by atoms with E-state index in [0.717, 1.165) is 31.6 Å². The van der Waals surface area contributed by atoms with Crippen LogP contribution in [0, 0.1) is 0 Å². The minimum Gasteiger partial charge on any atom is -0.329 e. The molecule has 0 unspecified atom stereocenters. The molecule has 1 aliphatic heterocycles. The molecule has 1 aliphatic rings. The van der Waals surface area contributed by atoms with E-state index in [1.807, 2.05) is 19.9 Å². The van der Waals surface area contributed by atoms with E-state index in [-0.39, 0.29) is 5.41 Å². The standard InChI is InChI=1S/C16H21N3S.C2H6/c1-19-9-7-16(12-17,8-10-19)15-18-14(11-20-15)13-5-3-2-4-6-13;1-2/h2-6,11H,7-10,12,17H2,1H3;1-2H3. The highest BCUT2D eigenvalue weighted by molar-refractivity contribution is 7.10. The highest BCUT2D eigenvalue weighted by atomic mass is 32.1. The lowest BCUT2D eigenvalue weighted by molar-refractivity contribution is 0.191. The molecule has 1 fully saturated rings. The topological polar surface area (TPSA) is 42.1 Å². The van der Waals surface area contributed by atoms with Gasteiger partial charge < -0.3 is 10.6 Å². The van der Waals surface area contributed by atoms with E-state index in [1.54, 1.807) is 11.3 Å². The number of benzene rings is 1. The molecule has 1 aromatic heterocycles. The van der Waals surface area contributed by atoms with E-state index >= 15 is 0 Å². The van der Waals surface area contributed by atoms with Crippen LogP contribution in [0.1, 0.15) is 31.7 Å². The predicted octanol–water partition coefficient (Wildman–Crippen LogP) is 3.76. The first kappa shape index (κ1) is 17.1. The third kappa shape index (κ3) is 3.57. The predicted molar refractivity (Wildman–Crippen MR) is 96.4 cm³/mol. The van der Waals surface area contributed by atoms with Gasteiger partial charge in [0.05, 0.1) is 5.69 Å². The first-order valence-electron chi connectivity index (χ1n) is 8.13. The van der Waals surface area contributed by atoms with E-state index in [9.17, 15) is 0 Å². The molecule has 120 valence electrons. The van der Waals surface area contributed by atoms with Crippen LogP contribution in [0.25, 0.3) is 11.3 Å². The number of hydrogen-bond acceptors (Lipinski definition) is 4. The van der Waals surface area contributed by atoms with Crippen molar-refractivity contribution in [3.8, 4) is 11.3 Å². The number of aromatic nitrogens is 1. The van der Waals surface area contributed by atoms with Crippen molar-refractivity contribution in [2.24, 2.45) is 5.73 Å². The fraction of sp³-hybridized carbons (Fsp3) is 0.500. The van der Waals surface area contributed by atoms with Crippen LogP contribution < -0.4 is 5.73 Å². The van der Waals surface area contributed by atoms with Crippen molar-refractivity contribution < 1.29 is 0 Å². The second-order valence-corrected chi connectivity index (χ2v) is 6.55. The van der Waals surface area contributed by atoms with Crippen LogP contribution in [0.3, 0.4) is 0 Å². The van der Waals surface area contributed by atoms with Gasteiger partial charge in [-0.15, -0.1) is 11.3 Å². The lowest BCUT2D eigenvalue weighted by Crippen LogP contribution is -2.45. The first-order valence-corrected chi connectivity index (χ1v) is 9.01. The Morgan fingerprint density at radius 1 is 1.18 bits per heavy atom. The number of thiazole rings is 1. The molecule has 4 heteroatoms. The molecule has 0 radical (unpaired) electrons. The molecule has 0 saturated carbocycles. The molecule has 3 rings (SSSR count). The Bertz CT molecular complexity index is 557. The van der Waals surface area contributed by atoms with E-state index in [2.05, 4.69) is 41.6 Å². The summed E-state index contributed by atoms with van der Waals surface area (Å²) in [5.41, 5.74) is 8.47. The Labute approximate surface area is 138 Å². The molecule has 1 aromatic carbocycles. The van der Waals surface area contributed by atoms with Crippen molar-refractivity contribution in [2.75, 3.05) is 26.7 Å². The van der Waals surface area contributed by atoms with Crippen LogP contribution in [0.2, 0.25) is 0 Å². The smallest absolute Gasteiger partial charge is 0.101 e.